The lowest BCUT2D eigenvalue weighted by Gasteiger charge is -2.46. The smallest absolute Gasteiger partial charge is 0.254 e. The minimum absolute atomic E-state index is 0.00799. The van der Waals surface area contributed by atoms with Crippen LogP contribution in [0.1, 0.15) is 108 Å². The Labute approximate surface area is 464 Å². The number of nitrogen functional groups attached to an aromatic ring is 1. The van der Waals surface area contributed by atoms with E-state index in [4.69, 9.17) is 24.5 Å². The average Bonchev–Trinajstić information content (AvgIpc) is 4.41. The number of para-hydroxylation sites is 1. The van der Waals surface area contributed by atoms with Crippen molar-refractivity contribution in [3.05, 3.63) is 102 Å². The van der Waals surface area contributed by atoms with Crippen molar-refractivity contribution in [2.75, 3.05) is 48.3 Å². The third kappa shape index (κ3) is 11.1. The number of pyridine rings is 1. The van der Waals surface area contributed by atoms with Gasteiger partial charge in [0.15, 0.2) is 11.6 Å². The van der Waals surface area contributed by atoms with Crippen LogP contribution in [0.4, 0.5) is 17.2 Å². The number of likely N-dealkylation sites (tertiary alicyclic amines) is 2. The fourth-order valence-corrected chi connectivity index (χ4v) is 13.7. The predicted octanol–water partition coefficient (Wildman–Crippen LogP) is 7.68. The Morgan fingerprint density at radius 1 is 0.810 bits per heavy atom. The molecule has 4 saturated heterocycles. The molecule has 79 heavy (non-hydrogen) atoms. The highest BCUT2D eigenvalue weighted by Crippen LogP contribution is 2.42. The molecule has 2 aliphatic carbocycles. The maximum Gasteiger partial charge on any atom is 0.254 e. The molecule has 3 unspecified atom stereocenters. The molecular formula is C59H71N11O8S. The number of phenols is 1. The highest BCUT2D eigenvalue weighted by molar-refractivity contribution is 7.13. The summed E-state index contributed by atoms with van der Waals surface area (Å²) in [7, 11) is 0. The molecule has 6 atom stereocenters. The van der Waals surface area contributed by atoms with E-state index in [-0.39, 0.29) is 66.9 Å². The number of hydrogen-bond acceptors (Lipinski definition) is 18. The van der Waals surface area contributed by atoms with Crippen LogP contribution < -0.4 is 30.3 Å². The van der Waals surface area contributed by atoms with Gasteiger partial charge in [-0.1, -0.05) is 50.2 Å². The number of piperazine rings is 1. The zero-order valence-corrected chi connectivity index (χ0v) is 46.1. The van der Waals surface area contributed by atoms with Crippen LogP contribution in [0.5, 0.6) is 17.5 Å². The second-order valence-electron chi connectivity index (χ2n) is 22.9. The number of piperidine rings is 1. The number of amides is 2. The normalized spacial score (nSPS) is 25.9. The van der Waals surface area contributed by atoms with Crippen molar-refractivity contribution in [2.24, 2.45) is 5.92 Å². The van der Waals surface area contributed by atoms with Gasteiger partial charge in [0.1, 0.15) is 29.9 Å². The summed E-state index contributed by atoms with van der Waals surface area (Å²) in [6.07, 6.45) is 9.23. The number of β-amino-alcohol motifs (C(OH)–C–C–N with tert-alkyl or cyclic N) is 1. The number of aliphatic hydroxyl groups excluding tert-OH is 1. The molecule has 19 nitrogen and oxygen atoms in total. The first kappa shape index (κ1) is 52.8. The zero-order chi connectivity index (χ0) is 54.5. The van der Waals surface area contributed by atoms with Gasteiger partial charge in [-0.05, 0) is 86.0 Å². The number of benzene rings is 2. The lowest BCUT2D eigenvalue weighted by Crippen LogP contribution is -2.54. The molecule has 2 amide bonds. The van der Waals surface area contributed by atoms with E-state index in [1.807, 2.05) is 81.9 Å². The number of nitrogens with two attached hydrogens (primary N) is 1. The lowest BCUT2D eigenvalue weighted by molar-refractivity contribution is -0.141. The zero-order valence-electron chi connectivity index (χ0n) is 45.3. The molecular weight excluding hydrogens is 1020 g/mol. The van der Waals surface area contributed by atoms with Gasteiger partial charge in [0.2, 0.25) is 17.7 Å². The summed E-state index contributed by atoms with van der Waals surface area (Å²) in [5, 5.41) is 37.1. The number of phenolic OH excluding ortho intramolecular Hbond substituents is 1. The van der Waals surface area contributed by atoms with E-state index < -0.39 is 18.1 Å². The monoisotopic (exact) mass is 1090 g/mol. The molecule has 4 aliphatic heterocycles. The summed E-state index contributed by atoms with van der Waals surface area (Å²) >= 11 is 1.59. The molecule has 0 radical (unpaired) electrons. The number of ether oxygens (including phenoxy) is 3. The number of nitrogens with zero attached hydrogens (tertiary/aromatic N) is 9. The molecule has 5 N–H and O–H groups in total. The van der Waals surface area contributed by atoms with Crippen molar-refractivity contribution >= 4 is 40.3 Å². The maximum absolute atomic E-state index is 14.3. The second kappa shape index (κ2) is 22.3. The Hall–Kier alpha value is -6.87. The molecule has 6 aliphatic rings. The van der Waals surface area contributed by atoms with Gasteiger partial charge >= 0.3 is 0 Å². The Morgan fingerprint density at radius 2 is 1.54 bits per heavy atom. The van der Waals surface area contributed by atoms with E-state index in [2.05, 4.69) is 57.5 Å². The van der Waals surface area contributed by atoms with Crippen molar-refractivity contribution in [1.29, 1.82) is 0 Å². The number of carbonyl (C=O) groups excluding carboxylic acids is 2. The Balaban J connectivity index is 0.567. The molecule has 4 aromatic heterocycles. The van der Waals surface area contributed by atoms with Crippen LogP contribution in [0.3, 0.4) is 0 Å². The van der Waals surface area contributed by atoms with Gasteiger partial charge in [0, 0.05) is 113 Å². The summed E-state index contributed by atoms with van der Waals surface area (Å²) in [6.45, 7) is 11.4. The number of aryl methyl sites for hydroxylation is 1. The van der Waals surface area contributed by atoms with Gasteiger partial charge in [-0.25, -0.2) is 9.97 Å². The number of thiazole rings is 1. The number of nitrogens with one attached hydrogen (secondary N) is 1. The molecule has 12 rings (SSSR count). The largest absolute Gasteiger partial charge is 0.507 e. The molecule has 416 valence electrons. The van der Waals surface area contributed by atoms with Crippen LogP contribution in [0.15, 0.2) is 89.0 Å². The lowest BCUT2D eigenvalue weighted by atomic mass is 9.86. The molecule has 2 saturated carbocycles. The topological polar surface area (TPSA) is 231 Å². The first-order valence-electron chi connectivity index (χ1n) is 28.2. The SMILES string of the molecule is Cc1ncsc1-c1ccc([C@H](C)NC(=O)[C@@H]2C[C@@H](O)CN2C(=O)C(c2cc(O[C@H]3C[C@H](N4CCC(O[C@H]5C[C@H](Oc6cc(N7C8CCC7CN(c7cc(-c9ccccc9O)nnc7N)C8)ccn6)C5)CC4)C3)no2)C(C)C)cc1. The second-order valence-corrected chi connectivity index (χ2v) is 23.8. The molecule has 0 spiro atoms. The maximum atomic E-state index is 14.3. The van der Waals surface area contributed by atoms with Gasteiger partial charge in [-0.15, -0.1) is 21.5 Å². The van der Waals surface area contributed by atoms with E-state index >= 15 is 0 Å². The highest BCUT2D eigenvalue weighted by atomic mass is 32.1. The van der Waals surface area contributed by atoms with E-state index in [1.165, 1.54) is 4.90 Å². The van der Waals surface area contributed by atoms with E-state index in [0.29, 0.717) is 52.7 Å². The first-order valence-corrected chi connectivity index (χ1v) is 29.1. The van der Waals surface area contributed by atoms with Crippen LogP contribution in [0.25, 0.3) is 21.7 Å². The summed E-state index contributed by atoms with van der Waals surface area (Å²) in [4.78, 5) is 47.1. The standard InChI is InChI=1S/C59H71N11O8S/c1-33(2)55(59(74)69-31-42(71)24-50(69)58(73)63-34(3)36-9-11-37(12-10-36)56-35(4)62-32-79-56)52-28-54(66-78-52)77-44-21-41(22-44)67-19-16-43(17-20-67)75-45-25-46(26-45)76-53-23-38(15-18-61-53)70-39-13-14-40(70)30-68(29-39)49-27-48(64-65-57(49)60)47-7-5-6-8-51(47)72/h5-12,15,18,23,27-28,32-34,39-46,50,55,71-72H,13-14,16-17,19-22,24-26,29-31H2,1-4H3,(H2,60,65)(H,63,73)/t34-,39?,40?,41-,42+,44-,45-,46-,50-,55?/m0/s1. The molecule has 2 aromatic carbocycles. The third-order valence-corrected chi connectivity index (χ3v) is 18.3. The van der Waals surface area contributed by atoms with E-state index in [9.17, 15) is 19.8 Å². The number of anilines is 3. The molecule has 6 aromatic rings. The van der Waals surface area contributed by atoms with Crippen molar-refractivity contribution in [2.45, 2.75) is 152 Å². The number of aliphatic hydroxyl groups is 1. The van der Waals surface area contributed by atoms with Crippen molar-refractivity contribution in [3.8, 4) is 39.2 Å². The van der Waals surface area contributed by atoms with Gasteiger partial charge in [-0.2, -0.15) is 0 Å². The fraction of sp³-hybridized carbons (Fsp3) is 0.508. The average molecular weight is 1090 g/mol. The molecule has 6 fully saturated rings. The quantitative estimate of drug-likeness (QED) is 0.0686. The van der Waals surface area contributed by atoms with Crippen molar-refractivity contribution in [1.82, 2.24) is 40.4 Å². The first-order chi connectivity index (χ1) is 38.3. The summed E-state index contributed by atoms with van der Waals surface area (Å²) in [5.41, 5.74) is 14.4. The predicted molar refractivity (Wildman–Crippen MR) is 299 cm³/mol. The Morgan fingerprint density at radius 3 is 2.27 bits per heavy atom. The number of rotatable bonds is 17. The Bertz CT molecular complexity index is 3100. The molecule has 20 heteroatoms. The summed E-state index contributed by atoms with van der Waals surface area (Å²) in [6, 6.07) is 22.9. The van der Waals surface area contributed by atoms with Crippen LogP contribution in [0.2, 0.25) is 0 Å². The summed E-state index contributed by atoms with van der Waals surface area (Å²) in [5.74, 6) is 0.466. The fourth-order valence-electron chi connectivity index (χ4n) is 12.8. The van der Waals surface area contributed by atoms with Gasteiger partial charge < -0.3 is 54.7 Å². The number of aromatic nitrogens is 5. The minimum atomic E-state index is -0.824. The Kier molecular flexibility index (Phi) is 14.9. The summed E-state index contributed by atoms with van der Waals surface area (Å²) < 4.78 is 25.1. The van der Waals surface area contributed by atoms with Gasteiger partial charge in [-0.3, -0.25) is 14.5 Å². The molecule has 2 bridgehead atoms. The number of carbonyl (C=O) groups is 2. The van der Waals surface area contributed by atoms with Crippen LogP contribution in [-0.4, -0.2) is 145 Å². The van der Waals surface area contributed by atoms with Crippen molar-refractivity contribution in [3.63, 3.8) is 0 Å². The van der Waals surface area contributed by atoms with E-state index in [1.54, 1.807) is 29.5 Å². The van der Waals surface area contributed by atoms with Crippen LogP contribution in [-0.2, 0) is 14.3 Å². The molecule has 8 heterocycles. The number of hydrogen-bond donors (Lipinski definition) is 4. The number of aromatic hydroxyl groups is 1. The minimum Gasteiger partial charge on any atom is -0.507 e. The van der Waals surface area contributed by atoms with Crippen LogP contribution in [0, 0.1) is 12.8 Å². The van der Waals surface area contributed by atoms with E-state index in [0.717, 1.165) is 111 Å². The third-order valence-electron chi connectivity index (χ3n) is 17.3. The van der Waals surface area contributed by atoms with Gasteiger partial charge in [0.05, 0.1) is 51.8 Å². The van der Waals surface area contributed by atoms with Gasteiger partial charge in [0.25, 0.3) is 5.88 Å². The van der Waals surface area contributed by atoms with Crippen LogP contribution >= 0.6 is 11.3 Å². The number of fused-ring (bicyclic) bond motifs is 2. The highest BCUT2D eigenvalue weighted by Gasteiger charge is 2.45. The van der Waals surface area contributed by atoms with Crippen molar-refractivity contribution < 1.29 is 38.5 Å².